The summed E-state index contributed by atoms with van der Waals surface area (Å²) in [4.78, 5) is 50.2. The topological polar surface area (TPSA) is 105 Å². The summed E-state index contributed by atoms with van der Waals surface area (Å²) in [5, 5.41) is 0.237. The molecule has 0 spiro atoms. The van der Waals surface area contributed by atoms with E-state index in [9.17, 15) is 19.2 Å². The number of carbonyl (C=O) groups is 4. The Morgan fingerprint density at radius 1 is 1.10 bits per heavy atom. The zero-order chi connectivity index (χ0) is 22.4. The molecule has 8 nitrogen and oxygen atoms in total. The Hall–Kier alpha value is -3.39. The van der Waals surface area contributed by atoms with Gasteiger partial charge in [0.1, 0.15) is 0 Å². The van der Waals surface area contributed by atoms with Crippen molar-refractivity contribution in [3.05, 3.63) is 70.7 Å². The minimum atomic E-state index is -0.715. The second kappa shape index (κ2) is 10.1. The van der Waals surface area contributed by atoms with Crippen molar-refractivity contribution in [1.29, 1.82) is 0 Å². The molecule has 9 heteroatoms. The number of ether oxygens (including phenoxy) is 1. The lowest BCUT2D eigenvalue weighted by molar-refractivity contribution is -0.152. The van der Waals surface area contributed by atoms with Gasteiger partial charge in [-0.1, -0.05) is 54.1 Å². The standard InChI is InChI=1S/C22H22ClN3O5/c1-14(15-7-3-2-4-8-15)26-12-16(11-20(26)28)22(30)31-13-19(27)24-25-21(29)17-9-5-6-10-18(17)23/h2-10,14,16H,11-13H2,1H3,(H,24,27)(H,25,29)/t14-,16-/m0/s1. The van der Waals surface area contributed by atoms with Crippen molar-refractivity contribution in [3.63, 3.8) is 0 Å². The van der Waals surface area contributed by atoms with Crippen LogP contribution in [0, 0.1) is 5.92 Å². The molecule has 0 radical (unpaired) electrons. The summed E-state index contributed by atoms with van der Waals surface area (Å²) < 4.78 is 5.02. The molecule has 2 aromatic carbocycles. The molecule has 0 aliphatic carbocycles. The van der Waals surface area contributed by atoms with Crippen LogP contribution in [0.4, 0.5) is 0 Å². The average molecular weight is 444 g/mol. The van der Waals surface area contributed by atoms with E-state index < -0.39 is 30.3 Å². The molecule has 0 aromatic heterocycles. The van der Waals surface area contributed by atoms with E-state index in [4.69, 9.17) is 16.3 Å². The summed E-state index contributed by atoms with van der Waals surface area (Å²) in [7, 11) is 0. The molecular weight excluding hydrogens is 422 g/mol. The quantitative estimate of drug-likeness (QED) is 0.526. The number of carbonyl (C=O) groups excluding carboxylic acids is 4. The van der Waals surface area contributed by atoms with E-state index in [1.54, 1.807) is 23.1 Å². The lowest BCUT2D eigenvalue weighted by atomic mass is 10.1. The smallest absolute Gasteiger partial charge is 0.311 e. The molecule has 1 saturated heterocycles. The Morgan fingerprint density at radius 3 is 2.48 bits per heavy atom. The van der Waals surface area contributed by atoms with Gasteiger partial charge in [0.25, 0.3) is 11.8 Å². The van der Waals surface area contributed by atoms with Crippen molar-refractivity contribution in [2.75, 3.05) is 13.2 Å². The Balaban J connectivity index is 1.45. The highest BCUT2D eigenvalue weighted by atomic mass is 35.5. The van der Waals surface area contributed by atoms with Gasteiger partial charge in [0.15, 0.2) is 6.61 Å². The lowest BCUT2D eigenvalue weighted by Gasteiger charge is -2.25. The van der Waals surface area contributed by atoms with E-state index in [0.29, 0.717) is 0 Å². The molecule has 3 amide bonds. The van der Waals surface area contributed by atoms with Crippen LogP contribution in [0.3, 0.4) is 0 Å². The molecule has 0 bridgehead atoms. The second-order valence-corrected chi connectivity index (χ2v) is 7.53. The van der Waals surface area contributed by atoms with E-state index in [0.717, 1.165) is 5.56 Å². The highest BCUT2D eigenvalue weighted by Gasteiger charge is 2.38. The predicted octanol–water partition coefficient (Wildman–Crippen LogP) is 2.25. The van der Waals surface area contributed by atoms with Crippen molar-refractivity contribution in [2.24, 2.45) is 5.92 Å². The average Bonchev–Trinajstić information content (AvgIpc) is 3.17. The van der Waals surface area contributed by atoms with Crippen LogP contribution in [-0.2, 0) is 19.1 Å². The third kappa shape index (κ3) is 5.61. The zero-order valence-corrected chi connectivity index (χ0v) is 17.6. The SMILES string of the molecule is C[C@@H](c1ccccc1)N1C[C@@H](C(=O)OCC(=O)NNC(=O)c2ccccc2Cl)CC1=O. The number of nitrogens with zero attached hydrogens (tertiary/aromatic N) is 1. The number of likely N-dealkylation sites (tertiary alicyclic amines) is 1. The highest BCUT2D eigenvalue weighted by Crippen LogP contribution is 2.28. The molecular formula is C22H22ClN3O5. The van der Waals surface area contributed by atoms with Crippen molar-refractivity contribution in [2.45, 2.75) is 19.4 Å². The minimum Gasteiger partial charge on any atom is -0.455 e. The summed E-state index contributed by atoms with van der Waals surface area (Å²) in [5.74, 6) is -2.74. The first kappa shape index (κ1) is 22.3. The monoisotopic (exact) mass is 443 g/mol. The van der Waals surface area contributed by atoms with Crippen LogP contribution in [0.25, 0.3) is 0 Å². The van der Waals surface area contributed by atoms with Crippen molar-refractivity contribution in [1.82, 2.24) is 15.8 Å². The fourth-order valence-electron chi connectivity index (χ4n) is 3.31. The number of hydrogen-bond donors (Lipinski definition) is 2. The molecule has 1 aliphatic rings. The van der Waals surface area contributed by atoms with E-state index in [1.807, 2.05) is 37.3 Å². The van der Waals surface area contributed by atoms with E-state index in [2.05, 4.69) is 10.9 Å². The third-order valence-electron chi connectivity index (χ3n) is 5.02. The minimum absolute atomic E-state index is 0.0286. The van der Waals surface area contributed by atoms with Crippen LogP contribution in [-0.4, -0.2) is 41.7 Å². The van der Waals surface area contributed by atoms with E-state index in [-0.39, 0.29) is 35.5 Å². The predicted molar refractivity (Wildman–Crippen MR) is 113 cm³/mol. The van der Waals surface area contributed by atoms with Crippen LogP contribution in [0.5, 0.6) is 0 Å². The molecule has 0 saturated carbocycles. The van der Waals surface area contributed by atoms with Crippen LogP contribution in [0.15, 0.2) is 54.6 Å². The molecule has 0 unspecified atom stereocenters. The Labute approximate surface area is 184 Å². The number of hydrogen-bond acceptors (Lipinski definition) is 5. The molecule has 1 aliphatic heterocycles. The Kier molecular flexibility index (Phi) is 7.25. The van der Waals surface area contributed by atoms with Crippen molar-refractivity contribution < 1.29 is 23.9 Å². The molecule has 3 rings (SSSR count). The van der Waals surface area contributed by atoms with Gasteiger partial charge in [-0.05, 0) is 24.6 Å². The zero-order valence-electron chi connectivity index (χ0n) is 16.8. The first-order valence-corrected chi connectivity index (χ1v) is 10.1. The third-order valence-corrected chi connectivity index (χ3v) is 5.35. The molecule has 2 aromatic rings. The van der Waals surface area contributed by atoms with Crippen LogP contribution in [0.1, 0.15) is 35.3 Å². The highest BCUT2D eigenvalue weighted by molar-refractivity contribution is 6.33. The molecule has 31 heavy (non-hydrogen) atoms. The number of benzene rings is 2. The fourth-order valence-corrected chi connectivity index (χ4v) is 3.53. The van der Waals surface area contributed by atoms with E-state index >= 15 is 0 Å². The maximum atomic E-state index is 12.4. The van der Waals surface area contributed by atoms with Gasteiger partial charge in [0.2, 0.25) is 5.91 Å². The van der Waals surface area contributed by atoms with E-state index in [1.165, 1.54) is 6.07 Å². The number of halogens is 1. The first-order valence-electron chi connectivity index (χ1n) is 9.71. The molecule has 2 N–H and O–H groups in total. The van der Waals surface area contributed by atoms with Gasteiger partial charge in [-0.15, -0.1) is 0 Å². The Morgan fingerprint density at radius 2 is 1.77 bits per heavy atom. The first-order chi connectivity index (χ1) is 14.9. The van der Waals surface area contributed by atoms with Gasteiger partial charge in [-0.2, -0.15) is 0 Å². The Bertz CT molecular complexity index is 982. The number of hydrazine groups is 1. The van der Waals surface area contributed by atoms with Gasteiger partial charge in [0.05, 0.1) is 22.5 Å². The number of esters is 1. The second-order valence-electron chi connectivity index (χ2n) is 7.12. The number of nitrogens with one attached hydrogen (secondary N) is 2. The van der Waals surface area contributed by atoms with Gasteiger partial charge in [-0.25, -0.2) is 0 Å². The summed E-state index contributed by atoms with van der Waals surface area (Å²) >= 11 is 5.92. The summed E-state index contributed by atoms with van der Waals surface area (Å²) in [6.07, 6.45) is 0.0286. The van der Waals surface area contributed by atoms with Gasteiger partial charge in [-0.3, -0.25) is 30.0 Å². The number of rotatable bonds is 6. The molecule has 1 heterocycles. The normalized spacial score (nSPS) is 16.5. The summed E-state index contributed by atoms with van der Waals surface area (Å²) in [6.45, 7) is 1.54. The van der Waals surface area contributed by atoms with Gasteiger partial charge >= 0.3 is 5.97 Å². The van der Waals surface area contributed by atoms with Crippen LogP contribution >= 0.6 is 11.6 Å². The van der Waals surface area contributed by atoms with Gasteiger partial charge in [0, 0.05) is 13.0 Å². The maximum absolute atomic E-state index is 12.4. The summed E-state index contributed by atoms with van der Waals surface area (Å²) in [5.41, 5.74) is 5.53. The van der Waals surface area contributed by atoms with Crippen molar-refractivity contribution in [3.8, 4) is 0 Å². The molecule has 162 valence electrons. The summed E-state index contributed by atoms with van der Waals surface area (Å²) in [6, 6.07) is 15.7. The number of amides is 3. The lowest BCUT2D eigenvalue weighted by Crippen LogP contribution is -2.44. The maximum Gasteiger partial charge on any atom is 0.311 e. The molecule has 2 atom stereocenters. The van der Waals surface area contributed by atoms with Gasteiger partial charge < -0.3 is 9.64 Å². The van der Waals surface area contributed by atoms with Crippen molar-refractivity contribution >= 4 is 35.3 Å². The largest absolute Gasteiger partial charge is 0.455 e. The van der Waals surface area contributed by atoms with Crippen LogP contribution < -0.4 is 10.9 Å². The fraction of sp³-hybridized carbons (Fsp3) is 0.273. The molecule has 1 fully saturated rings. The van der Waals surface area contributed by atoms with Crippen LogP contribution in [0.2, 0.25) is 5.02 Å².